The number of hydrogen-bond acceptors (Lipinski definition) is 2. The van der Waals surface area contributed by atoms with E-state index in [0.717, 1.165) is 21.9 Å². The van der Waals surface area contributed by atoms with E-state index in [9.17, 15) is 0 Å². The summed E-state index contributed by atoms with van der Waals surface area (Å²) in [6.45, 7) is 0. The fourth-order valence-electron chi connectivity index (χ4n) is 2.33. The van der Waals surface area contributed by atoms with Gasteiger partial charge in [0.1, 0.15) is 5.75 Å². The van der Waals surface area contributed by atoms with Gasteiger partial charge in [0.05, 0.1) is 0 Å². The smallest absolute Gasteiger partial charge is 0.537 e. The van der Waals surface area contributed by atoms with Crippen molar-refractivity contribution < 1.29 is 9.68 Å². The van der Waals surface area contributed by atoms with Crippen LogP contribution < -0.4 is 4.65 Å². The molecule has 0 aromatic heterocycles. The minimum Gasteiger partial charge on any atom is -0.537 e. The second kappa shape index (κ2) is 5.57. The first-order valence-corrected chi connectivity index (χ1v) is 6.57. The van der Waals surface area contributed by atoms with Gasteiger partial charge < -0.3 is 9.68 Å². The van der Waals surface area contributed by atoms with Crippen molar-refractivity contribution in [3.05, 3.63) is 65.7 Å². The molecule has 0 bridgehead atoms. The first-order valence-electron chi connectivity index (χ1n) is 6.20. The molecule has 20 heavy (non-hydrogen) atoms. The Labute approximate surface area is 122 Å². The second-order valence-corrected chi connectivity index (χ2v) is 4.83. The molecule has 3 aromatic rings. The van der Waals surface area contributed by atoms with E-state index in [2.05, 4.69) is 18.2 Å². The van der Waals surface area contributed by atoms with Crippen molar-refractivity contribution in [2.24, 2.45) is 0 Å². The van der Waals surface area contributed by atoms with E-state index in [1.165, 1.54) is 0 Å². The van der Waals surface area contributed by atoms with Crippen LogP contribution in [0.15, 0.2) is 60.7 Å². The quantitative estimate of drug-likeness (QED) is 0.733. The second-order valence-electron chi connectivity index (χ2n) is 4.39. The summed E-state index contributed by atoms with van der Waals surface area (Å²) in [6.07, 6.45) is 0. The van der Waals surface area contributed by atoms with Crippen LogP contribution in [0.25, 0.3) is 21.9 Å². The van der Waals surface area contributed by atoms with Crippen molar-refractivity contribution in [1.82, 2.24) is 0 Å². The van der Waals surface area contributed by atoms with Crippen LogP contribution in [0.1, 0.15) is 0 Å². The first kappa shape index (κ1) is 13.0. The Morgan fingerprint density at radius 2 is 1.70 bits per heavy atom. The van der Waals surface area contributed by atoms with Crippen LogP contribution in [0, 0.1) is 0 Å². The van der Waals surface area contributed by atoms with Gasteiger partial charge in [-0.15, -0.1) is 0 Å². The Morgan fingerprint density at radius 3 is 2.55 bits per heavy atom. The lowest BCUT2D eigenvalue weighted by molar-refractivity contribution is 0.455. The Bertz CT molecular complexity index is 753. The van der Waals surface area contributed by atoms with Crippen LogP contribution in [-0.4, -0.2) is 12.7 Å². The number of benzene rings is 3. The van der Waals surface area contributed by atoms with Crippen molar-refractivity contribution in [3.63, 3.8) is 0 Å². The standard InChI is InChI=1S/C16H11BClO2/c18-12-8-9-16(20-17-19)15(10-12)14-7-3-5-11-4-1-2-6-13(11)14/h1-10,19H. The van der Waals surface area contributed by atoms with Gasteiger partial charge in [0.2, 0.25) is 0 Å². The van der Waals surface area contributed by atoms with Gasteiger partial charge in [0.15, 0.2) is 0 Å². The topological polar surface area (TPSA) is 29.5 Å². The Balaban J connectivity index is 2.27. The predicted octanol–water partition coefficient (Wildman–Crippen LogP) is 4.07. The van der Waals surface area contributed by atoms with Crippen LogP contribution >= 0.6 is 11.6 Å². The van der Waals surface area contributed by atoms with E-state index < -0.39 is 0 Å². The highest BCUT2D eigenvalue weighted by Crippen LogP contribution is 2.36. The lowest BCUT2D eigenvalue weighted by atomic mass is 9.97. The van der Waals surface area contributed by atoms with Gasteiger partial charge in [-0.2, -0.15) is 0 Å². The lowest BCUT2D eigenvalue weighted by Crippen LogP contribution is -2.01. The zero-order valence-corrected chi connectivity index (χ0v) is 11.3. The third kappa shape index (κ3) is 2.38. The molecule has 0 fully saturated rings. The van der Waals surface area contributed by atoms with E-state index in [1.54, 1.807) is 12.1 Å². The molecule has 0 amide bonds. The summed E-state index contributed by atoms with van der Waals surface area (Å²) in [6, 6.07) is 19.5. The third-order valence-corrected chi connectivity index (χ3v) is 3.44. The first-order chi connectivity index (χ1) is 9.79. The van der Waals surface area contributed by atoms with E-state index in [-0.39, 0.29) is 0 Å². The molecule has 2 nitrogen and oxygen atoms in total. The summed E-state index contributed by atoms with van der Waals surface area (Å²) >= 11 is 6.09. The van der Waals surface area contributed by atoms with Gasteiger partial charge in [-0.05, 0) is 34.5 Å². The van der Waals surface area contributed by atoms with Gasteiger partial charge in [0, 0.05) is 10.6 Å². The van der Waals surface area contributed by atoms with E-state index in [1.807, 2.05) is 30.3 Å². The fourth-order valence-corrected chi connectivity index (χ4v) is 2.50. The minimum atomic E-state index is 0.563. The molecule has 0 aliphatic carbocycles. The molecule has 3 aromatic carbocycles. The van der Waals surface area contributed by atoms with Crippen LogP contribution in [0.5, 0.6) is 5.75 Å². The molecule has 0 aliphatic rings. The van der Waals surface area contributed by atoms with Gasteiger partial charge in [-0.3, -0.25) is 0 Å². The monoisotopic (exact) mass is 281 g/mol. The predicted molar refractivity (Wildman–Crippen MR) is 83.0 cm³/mol. The molecule has 4 heteroatoms. The lowest BCUT2D eigenvalue weighted by Gasteiger charge is -2.12. The maximum absolute atomic E-state index is 8.89. The number of hydrogen-bond donors (Lipinski definition) is 1. The summed E-state index contributed by atoms with van der Waals surface area (Å²) < 4.78 is 5.17. The summed E-state index contributed by atoms with van der Waals surface area (Å²) in [5, 5.41) is 11.8. The molecular weight excluding hydrogens is 270 g/mol. The highest BCUT2D eigenvalue weighted by atomic mass is 35.5. The largest absolute Gasteiger partial charge is 0.569 e. The molecule has 0 saturated heterocycles. The zero-order chi connectivity index (χ0) is 13.9. The molecule has 0 spiro atoms. The van der Waals surface area contributed by atoms with Crippen molar-refractivity contribution in [2.75, 3.05) is 0 Å². The highest BCUT2D eigenvalue weighted by molar-refractivity contribution is 6.31. The summed E-state index contributed by atoms with van der Waals surface area (Å²) in [5.41, 5.74) is 1.86. The van der Waals surface area contributed by atoms with Crippen molar-refractivity contribution >= 4 is 30.1 Å². The van der Waals surface area contributed by atoms with Crippen molar-refractivity contribution in [1.29, 1.82) is 0 Å². The van der Waals surface area contributed by atoms with Gasteiger partial charge in [-0.1, -0.05) is 54.1 Å². The molecular formula is C16H11BClO2. The average molecular weight is 282 g/mol. The zero-order valence-electron chi connectivity index (χ0n) is 10.6. The van der Waals surface area contributed by atoms with Crippen molar-refractivity contribution in [3.8, 4) is 16.9 Å². The normalized spacial score (nSPS) is 10.5. The minimum absolute atomic E-state index is 0.563. The molecule has 0 aliphatic heterocycles. The molecule has 1 N–H and O–H groups in total. The highest BCUT2D eigenvalue weighted by Gasteiger charge is 2.10. The molecule has 3 rings (SSSR count). The molecule has 97 valence electrons. The summed E-state index contributed by atoms with van der Waals surface area (Å²) in [4.78, 5) is 0. The third-order valence-electron chi connectivity index (χ3n) is 3.20. The van der Waals surface area contributed by atoms with E-state index in [4.69, 9.17) is 21.3 Å². The summed E-state index contributed by atoms with van der Waals surface area (Å²) in [5.74, 6) is 0.563. The Kier molecular flexibility index (Phi) is 3.63. The maximum atomic E-state index is 8.89. The fraction of sp³-hybridized carbons (Fsp3) is 0. The maximum Gasteiger partial charge on any atom is 0.569 e. The molecule has 1 radical (unpaired) electrons. The SMILES string of the molecule is O[B]Oc1ccc(Cl)cc1-c1cccc2ccccc12. The van der Waals surface area contributed by atoms with Crippen LogP contribution in [-0.2, 0) is 0 Å². The van der Waals surface area contributed by atoms with Gasteiger partial charge in [0.25, 0.3) is 0 Å². The van der Waals surface area contributed by atoms with Gasteiger partial charge in [-0.25, -0.2) is 0 Å². The molecule has 0 heterocycles. The van der Waals surface area contributed by atoms with Crippen LogP contribution in [0.4, 0.5) is 0 Å². The van der Waals surface area contributed by atoms with Gasteiger partial charge >= 0.3 is 7.69 Å². The Morgan fingerprint density at radius 1 is 0.900 bits per heavy atom. The molecule has 0 atom stereocenters. The summed E-state index contributed by atoms with van der Waals surface area (Å²) in [7, 11) is 0.678. The number of fused-ring (bicyclic) bond motifs is 1. The number of rotatable bonds is 3. The van der Waals surface area contributed by atoms with E-state index in [0.29, 0.717) is 18.5 Å². The Hall–Kier alpha value is -1.97. The number of halogens is 1. The molecule has 0 saturated carbocycles. The van der Waals surface area contributed by atoms with E-state index >= 15 is 0 Å². The average Bonchev–Trinajstić information content (AvgIpc) is 2.49. The molecule has 0 unspecified atom stereocenters. The van der Waals surface area contributed by atoms with Crippen LogP contribution in [0.3, 0.4) is 0 Å². The van der Waals surface area contributed by atoms with Crippen LogP contribution in [0.2, 0.25) is 5.02 Å². The van der Waals surface area contributed by atoms with Crippen molar-refractivity contribution in [2.45, 2.75) is 0 Å².